The fourth-order valence-electron chi connectivity index (χ4n) is 1.65. The van der Waals surface area contributed by atoms with Gasteiger partial charge in [0.15, 0.2) is 5.82 Å². The molecule has 1 N–H and O–H groups in total. The van der Waals surface area contributed by atoms with E-state index in [0.717, 1.165) is 17.1 Å². The highest BCUT2D eigenvalue weighted by atomic mass is 16.2. The van der Waals surface area contributed by atoms with Crippen molar-refractivity contribution in [1.82, 2.24) is 4.98 Å². The average molecular weight is 203 g/mol. The number of carbonyl (C=O) groups is 1. The average Bonchev–Trinajstić information content (AvgIpc) is 2.17. The third-order valence-electron chi connectivity index (χ3n) is 2.26. The number of amides is 1. The number of aryl methyl sites for hydroxylation is 1. The number of anilines is 2. The topological polar surface area (TPSA) is 45.2 Å². The maximum Gasteiger partial charge on any atom is 0.244 e. The van der Waals surface area contributed by atoms with Crippen molar-refractivity contribution >= 4 is 17.4 Å². The molecule has 78 valence electrons. The number of carbonyl (C=O) groups excluding carboxylic acids is 1. The number of hydrogen-bond acceptors (Lipinski definition) is 3. The van der Waals surface area contributed by atoms with Crippen molar-refractivity contribution in [3.63, 3.8) is 0 Å². The maximum atomic E-state index is 11.4. The first-order valence-electron chi connectivity index (χ1n) is 4.83. The van der Waals surface area contributed by atoms with Crippen LogP contribution < -0.4 is 10.2 Å². The maximum absolute atomic E-state index is 11.4. The zero-order valence-electron chi connectivity index (χ0n) is 8.66. The molecule has 4 heteroatoms. The van der Waals surface area contributed by atoms with Crippen molar-refractivity contribution < 1.29 is 4.79 Å². The molecular formula is C11H13N3O. The first-order chi connectivity index (χ1) is 7.20. The van der Waals surface area contributed by atoms with Gasteiger partial charge >= 0.3 is 0 Å². The van der Waals surface area contributed by atoms with Crippen LogP contribution in [0.5, 0.6) is 0 Å². The lowest BCUT2D eigenvalue weighted by atomic mass is 10.2. The quantitative estimate of drug-likeness (QED) is 0.738. The molecule has 0 bridgehead atoms. The number of hydrogen-bond donors (Lipinski definition) is 1. The van der Waals surface area contributed by atoms with E-state index in [0.29, 0.717) is 13.1 Å². The van der Waals surface area contributed by atoms with Gasteiger partial charge in [0.25, 0.3) is 0 Å². The monoisotopic (exact) mass is 203 g/mol. The summed E-state index contributed by atoms with van der Waals surface area (Å²) in [5.41, 5.74) is 1.82. The Bertz CT molecular complexity index is 414. The Balaban J connectivity index is 2.41. The molecule has 0 aliphatic carbocycles. The highest BCUT2D eigenvalue weighted by Crippen LogP contribution is 2.27. The van der Waals surface area contributed by atoms with Gasteiger partial charge in [0.1, 0.15) is 0 Å². The van der Waals surface area contributed by atoms with Crippen LogP contribution in [0.4, 0.5) is 11.5 Å². The van der Waals surface area contributed by atoms with Crippen LogP contribution in [0.15, 0.2) is 24.9 Å². The Morgan fingerprint density at radius 3 is 3.27 bits per heavy atom. The van der Waals surface area contributed by atoms with Crippen molar-refractivity contribution in [2.45, 2.75) is 6.92 Å². The summed E-state index contributed by atoms with van der Waals surface area (Å²) in [5.74, 6) is 0.817. The Labute approximate surface area is 88.6 Å². The van der Waals surface area contributed by atoms with E-state index in [1.807, 2.05) is 17.9 Å². The summed E-state index contributed by atoms with van der Waals surface area (Å²) < 4.78 is 0. The molecule has 0 saturated heterocycles. The molecule has 1 aliphatic heterocycles. The van der Waals surface area contributed by atoms with Crippen molar-refractivity contribution in [3.05, 3.63) is 30.5 Å². The van der Waals surface area contributed by atoms with Crippen molar-refractivity contribution in [3.8, 4) is 0 Å². The third-order valence-corrected chi connectivity index (χ3v) is 2.26. The number of pyridine rings is 1. The van der Waals surface area contributed by atoms with Crippen molar-refractivity contribution in [1.29, 1.82) is 0 Å². The number of rotatable bonds is 2. The lowest BCUT2D eigenvalue weighted by molar-refractivity contribution is -0.115. The van der Waals surface area contributed by atoms with Crippen molar-refractivity contribution in [2.24, 2.45) is 0 Å². The molecule has 0 radical (unpaired) electrons. The van der Waals surface area contributed by atoms with Gasteiger partial charge in [0.05, 0.1) is 12.2 Å². The molecular weight excluding hydrogens is 190 g/mol. The second-order valence-electron chi connectivity index (χ2n) is 3.60. The largest absolute Gasteiger partial charge is 0.342 e. The SMILES string of the molecule is C=CCN1CC(=O)Nc2cc(C)cnc21. The highest BCUT2D eigenvalue weighted by molar-refractivity contribution is 6.00. The fourth-order valence-corrected chi connectivity index (χ4v) is 1.65. The van der Waals surface area contributed by atoms with Gasteiger partial charge in [-0.1, -0.05) is 6.08 Å². The van der Waals surface area contributed by atoms with Gasteiger partial charge in [-0.25, -0.2) is 4.98 Å². The summed E-state index contributed by atoms with van der Waals surface area (Å²) in [6.07, 6.45) is 3.57. The first-order valence-corrected chi connectivity index (χ1v) is 4.83. The summed E-state index contributed by atoms with van der Waals surface area (Å²) in [7, 11) is 0. The van der Waals surface area contributed by atoms with Gasteiger partial charge < -0.3 is 10.2 Å². The summed E-state index contributed by atoms with van der Waals surface area (Å²) in [5, 5.41) is 2.81. The Kier molecular flexibility index (Phi) is 2.41. The fraction of sp³-hybridized carbons (Fsp3) is 0.273. The zero-order valence-corrected chi connectivity index (χ0v) is 8.66. The van der Waals surface area contributed by atoms with E-state index in [1.165, 1.54) is 0 Å². The van der Waals surface area contributed by atoms with Crippen molar-refractivity contribution in [2.75, 3.05) is 23.3 Å². The molecule has 0 spiro atoms. The molecule has 0 atom stereocenters. The van der Waals surface area contributed by atoms with E-state index in [1.54, 1.807) is 12.3 Å². The number of nitrogens with zero attached hydrogens (tertiary/aromatic N) is 2. The molecule has 0 aromatic carbocycles. The number of aromatic nitrogens is 1. The summed E-state index contributed by atoms with van der Waals surface area (Å²) in [4.78, 5) is 17.6. The van der Waals surface area contributed by atoms with Crippen LogP contribution in [-0.4, -0.2) is 24.0 Å². The van der Waals surface area contributed by atoms with Gasteiger partial charge in [0, 0.05) is 12.7 Å². The lowest BCUT2D eigenvalue weighted by Gasteiger charge is -2.28. The van der Waals surface area contributed by atoms with Crippen LogP contribution >= 0.6 is 0 Å². The minimum Gasteiger partial charge on any atom is -0.342 e. The van der Waals surface area contributed by atoms with E-state index < -0.39 is 0 Å². The first kappa shape index (κ1) is 9.71. The molecule has 2 rings (SSSR count). The molecule has 1 aromatic heterocycles. The molecule has 4 nitrogen and oxygen atoms in total. The molecule has 0 unspecified atom stereocenters. The molecule has 1 aromatic rings. The van der Waals surface area contributed by atoms with Gasteiger partial charge in [-0.3, -0.25) is 4.79 Å². The molecule has 2 heterocycles. The van der Waals surface area contributed by atoms with Gasteiger partial charge in [-0.15, -0.1) is 6.58 Å². The lowest BCUT2D eigenvalue weighted by Crippen LogP contribution is -2.38. The summed E-state index contributed by atoms with van der Waals surface area (Å²) >= 11 is 0. The van der Waals surface area contributed by atoms with E-state index in [-0.39, 0.29) is 5.91 Å². The normalized spacial score (nSPS) is 14.5. The van der Waals surface area contributed by atoms with Crippen LogP contribution in [-0.2, 0) is 4.79 Å². The van der Waals surface area contributed by atoms with Crippen LogP contribution in [0.1, 0.15) is 5.56 Å². The van der Waals surface area contributed by atoms with Crippen LogP contribution in [0.3, 0.4) is 0 Å². The van der Waals surface area contributed by atoms with E-state index in [4.69, 9.17) is 0 Å². The van der Waals surface area contributed by atoms with Crippen LogP contribution in [0, 0.1) is 6.92 Å². The molecule has 0 saturated carbocycles. The molecule has 15 heavy (non-hydrogen) atoms. The molecule has 1 amide bonds. The van der Waals surface area contributed by atoms with E-state index >= 15 is 0 Å². The van der Waals surface area contributed by atoms with E-state index in [2.05, 4.69) is 16.9 Å². The van der Waals surface area contributed by atoms with Gasteiger partial charge in [0.2, 0.25) is 5.91 Å². The second-order valence-corrected chi connectivity index (χ2v) is 3.60. The van der Waals surface area contributed by atoms with E-state index in [9.17, 15) is 4.79 Å². The Hall–Kier alpha value is -1.84. The molecule has 0 fully saturated rings. The highest BCUT2D eigenvalue weighted by Gasteiger charge is 2.21. The standard InChI is InChI=1S/C11H13N3O/c1-3-4-14-7-10(15)13-9-5-8(2)6-12-11(9)14/h3,5-6H,1,4,7H2,2H3,(H,13,15). The zero-order chi connectivity index (χ0) is 10.8. The number of fused-ring (bicyclic) bond motifs is 1. The molecule has 1 aliphatic rings. The van der Waals surface area contributed by atoms with Crippen LogP contribution in [0.2, 0.25) is 0 Å². The van der Waals surface area contributed by atoms with Gasteiger partial charge in [-0.2, -0.15) is 0 Å². The summed E-state index contributed by atoms with van der Waals surface area (Å²) in [6.45, 7) is 6.60. The minimum absolute atomic E-state index is 0.00301. The number of nitrogens with one attached hydrogen (secondary N) is 1. The summed E-state index contributed by atoms with van der Waals surface area (Å²) in [6, 6.07) is 1.93. The second kappa shape index (κ2) is 3.73. The minimum atomic E-state index is -0.00301. The predicted octanol–water partition coefficient (Wildman–Crippen LogP) is 1.33. The van der Waals surface area contributed by atoms with Crippen LogP contribution in [0.25, 0.3) is 0 Å². The Morgan fingerprint density at radius 2 is 2.53 bits per heavy atom. The Morgan fingerprint density at radius 1 is 1.73 bits per heavy atom. The third kappa shape index (κ3) is 1.83. The van der Waals surface area contributed by atoms with Gasteiger partial charge in [-0.05, 0) is 18.6 Å². The smallest absolute Gasteiger partial charge is 0.244 e. The predicted molar refractivity (Wildman–Crippen MR) is 60.0 cm³/mol.